The summed E-state index contributed by atoms with van der Waals surface area (Å²) in [6.45, 7) is 0.283. The fourth-order valence-electron chi connectivity index (χ4n) is 2.84. The van der Waals surface area contributed by atoms with Crippen molar-refractivity contribution < 1.29 is 13.2 Å². The minimum atomic E-state index is -3.02. The standard InChI is InChI=1S/C13H17ClN2O3S/c1-15-7-10(14)6-11(15)13(17)16-4-5-20(18,19)8-12(16)9-2-3-9/h6-7,9,12H,2-5,8H2,1H3. The number of hydrogen-bond donors (Lipinski definition) is 0. The summed E-state index contributed by atoms with van der Waals surface area (Å²) in [5.74, 6) is 0.373. The highest BCUT2D eigenvalue weighted by Crippen LogP contribution is 2.38. The largest absolute Gasteiger partial charge is 0.345 e. The van der Waals surface area contributed by atoms with Crippen LogP contribution in [0.4, 0.5) is 0 Å². The van der Waals surface area contributed by atoms with Gasteiger partial charge in [-0.25, -0.2) is 8.42 Å². The van der Waals surface area contributed by atoms with E-state index >= 15 is 0 Å². The van der Waals surface area contributed by atoms with E-state index in [0.717, 1.165) is 12.8 Å². The molecule has 2 fully saturated rings. The third-order valence-corrected chi connectivity index (χ3v) is 5.95. The summed E-state index contributed by atoms with van der Waals surface area (Å²) >= 11 is 5.92. The van der Waals surface area contributed by atoms with E-state index in [0.29, 0.717) is 16.6 Å². The van der Waals surface area contributed by atoms with E-state index < -0.39 is 9.84 Å². The van der Waals surface area contributed by atoms with Crippen molar-refractivity contribution in [2.45, 2.75) is 18.9 Å². The summed E-state index contributed by atoms with van der Waals surface area (Å²) in [6.07, 6.45) is 3.71. The van der Waals surface area contributed by atoms with Gasteiger partial charge in [-0.3, -0.25) is 4.79 Å². The maximum atomic E-state index is 12.6. The van der Waals surface area contributed by atoms with Crippen molar-refractivity contribution in [3.8, 4) is 0 Å². The number of rotatable bonds is 2. The highest BCUT2D eigenvalue weighted by Gasteiger charge is 2.43. The number of sulfone groups is 1. The van der Waals surface area contributed by atoms with E-state index in [1.807, 2.05) is 0 Å². The van der Waals surface area contributed by atoms with Gasteiger partial charge in [-0.1, -0.05) is 11.6 Å². The van der Waals surface area contributed by atoms with E-state index in [1.165, 1.54) is 0 Å². The van der Waals surface area contributed by atoms with Crippen LogP contribution in [0.1, 0.15) is 23.3 Å². The van der Waals surface area contributed by atoms with E-state index in [9.17, 15) is 13.2 Å². The SMILES string of the molecule is Cn1cc(Cl)cc1C(=O)N1CCS(=O)(=O)CC1C1CC1. The first kappa shape index (κ1) is 13.9. The van der Waals surface area contributed by atoms with Gasteiger partial charge in [-0.2, -0.15) is 0 Å². The molecule has 1 saturated carbocycles. The Bertz CT molecular complexity index is 649. The van der Waals surface area contributed by atoms with Crippen molar-refractivity contribution in [2.75, 3.05) is 18.1 Å². The summed E-state index contributed by atoms with van der Waals surface area (Å²) < 4.78 is 25.3. The molecule has 2 aliphatic rings. The van der Waals surface area contributed by atoms with Crippen LogP contribution in [0.25, 0.3) is 0 Å². The molecule has 1 saturated heterocycles. The Morgan fingerprint density at radius 1 is 1.40 bits per heavy atom. The van der Waals surface area contributed by atoms with E-state index in [2.05, 4.69) is 0 Å². The number of amides is 1. The molecule has 1 unspecified atom stereocenters. The van der Waals surface area contributed by atoms with Gasteiger partial charge in [0.05, 0.1) is 16.5 Å². The number of aryl methyl sites for hydroxylation is 1. The quantitative estimate of drug-likeness (QED) is 0.827. The molecule has 110 valence electrons. The number of halogens is 1. The first-order valence-electron chi connectivity index (χ1n) is 6.70. The van der Waals surface area contributed by atoms with Gasteiger partial charge in [0.25, 0.3) is 5.91 Å². The van der Waals surface area contributed by atoms with Crippen molar-refractivity contribution in [1.29, 1.82) is 0 Å². The van der Waals surface area contributed by atoms with Crippen molar-refractivity contribution in [3.63, 3.8) is 0 Å². The molecule has 2 heterocycles. The Morgan fingerprint density at radius 2 is 2.10 bits per heavy atom. The molecule has 0 radical (unpaired) electrons. The van der Waals surface area contributed by atoms with Gasteiger partial charge >= 0.3 is 0 Å². The van der Waals surface area contributed by atoms with E-state index in [1.54, 1.807) is 28.8 Å². The van der Waals surface area contributed by atoms with Gasteiger partial charge in [0.2, 0.25) is 0 Å². The van der Waals surface area contributed by atoms with Crippen LogP contribution in [0.2, 0.25) is 5.02 Å². The lowest BCUT2D eigenvalue weighted by Gasteiger charge is -2.35. The van der Waals surface area contributed by atoms with E-state index in [-0.39, 0.29) is 30.0 Å². The van der Waals surface area contributed by atoms with Gasteiger partial charge in [-0.15, -0.1) is 0 Å². The third kappa shape index (κ3) is 2.59. The Kier molecular flexibility index (Phi) is 3.33. The molecule has 0 N–H and O–H groups in total. The second-order valence-corrected chi connectivity index (χ2v) is 8.34. The van der Waals surface area contributed by atoms with Gasteiger partial charge in [0, 0.05) is 25.8 Å². The first-order valence-corrected chi connectivity index (χ1v) is 8.90. The molecule has 3 rings (SSSR count). The lowest BCUT2D eigenvalue weighted by Crippen LogP contribution is -2.52. The number of nitrogens with zero attached hydrogens (tertiary/aromatic N) is 2. The molecule has 1 atom stereocenters. The molecule has 5 nitrogen and oxygen atoms in total. The second-order valence-electron chi connectivity index (χ2n) is 5.67. The van der Waals surface area contributed by atoms with Gasteiger partial charge in [0.15, 0.2) is 9.84 Å². The minimum absolute atomic E-state index is 0.0557. The molecule has 7 heteroatoms. The summed E-state index contributed by atoms with van der Waals surface area (Å²) in [7, 11) is -1.25. The highest BCUT2D eigenvalue weighted by atomic mass is 35.5. The molecule has 0 bridgehead atoms. The van der Waals surface area contributed by atoms with Crippen LogP contribution in [-0.4, -0.2) is 47.9 Å². The lowest BCUT2D eigenvalue weighted by atomic mass is 10.1. The van der Waals surface area contributed by atoms with Crippen molar-refractivity contribution in [2.24, 2.45) is 13.0 Å². The van der Waals surface area contributed by atoms with Crippen LogP contribution >= 0.6 is 11.6 Å². The van der Waals surface area contributed by atoms with Crippen LogP contribution in [0, 0.1) is 5.92 Å². The molecular weight excluding hydrogens is 300 g/mol. The lowest BCUT2D eigenvalue weighted by molar-refractivity contribution is 0.0669. The van der Waals surface area contributed by atoms with Crippen molar-refractivity contribution in [1.82, 2.24) is 9.47 Å². The van der Waals surface area contributed by atoms with Crippen LogP contribution in [0.15, 0.2) is 12.3 Å². The Morgan fingerprint density at radius 3 is 2.65 bits per heavy atom. The van der Waals surface area contributed by atoms with E-state index in [4.69, 9.17) is 11.6 Å². The van der Waals surface area contributed by atoms with Crippen molar-refractivity contribution in [3.05, 3.63) is 23.0 Å². The Hall–Kier alpha value is -1.01. The summed E-state index contributed by atoms with van der Waals surface area (Å²) in [6, 6.07) is 1.46. The van der Waals surface area contributed by atoms with Gasteiger partial charge in [-0.05, 0) is 24.8 Å². The minimum Gasteiger partial charge on any atom is -0.345 e. The smallest absolute Gasteiger partial charge is 0.270 e. The predicted molar refractivity (Wildman–Crippen MR) is 76.6 cm³/mol. The third-order valence-electron chi connectivity index (χ3n) is 4.09. The number of carbonyl (C=O) groups excluding carboxylic acids is 1. The summed E-state index contributed by atoms with van der Waals surface area (Å²) in [5.41, 5.74) is 0.514. The number of hydrogen-bond acceptors (Lipinski definition) is 3. The summed E-state index contributed by atoms with van der Waals surface area (Å²) in [5, 5.41) is 0.517. The van der Waals surface area contributed by atoms with Crippen LogP contribution in [-0.2, 0) is 16.9 Å². The zero-order valence-electron chi connectivity index (χ0n) is 11.3. The maximum absolute atomic E-state index is 12.6. The van der Waals surface area contributed by atoms with Crippen LogP contribution in [0.5, 0.6) is 0 Å². The Labute approximate surface area is 123 Å². The fraction of sp³-hybridized carbons (Fsp3) is 0.615. The summed E-state index contributed by atoms with van der Waals surface area (Å²) in [4.78, 5) is 14.4. The molecule has 1 aliphatic carbocycles. The molecule has 1 aromatic heterocycles. The molecule has 1 aromatic rings. The first-order chi connectivity index (χ1) is 9.37. The molecule has 0 spiro atoms. The van der Waals surface area contributed by atoms with Gasteiger partial charge in [0.1, 0.15) is 5.69 Å². The monoisotopic (exact) mass is 316 g/mol. The fourth-order valence-corrected chi connectivity index (χ4v) is 4.71. The molecule has 1 amide bonds. The number of aromatic nitrogens is 1. The zero-order chi connectivity index (χ0) is 14.5. The van der Waals surface area contributed by atoms with Gasteiger partial charge < -0.3 is 9.47 Å². The second kappa shape index (κ2) is 4.77. The topological polar surface area (TPSA) is 59.4 Å². The van der Waals surface area contributed by atoms with Crippen LogP contribution < -0.4 is 0 Å². The Balaban J connectivity index is 1.88. The predicted octanol–water partition coefficient (Wildman–Crippen LogP) is 1.33. The maximum Gasteiger partial charge on any atom is 0.270 e. The number of carbonyl (C=O) groups is 1. The normalized spacial score (nSPS) is 25.7. The molecule has 20 heavy (non-hydrogen) atoms. The zero-order valence-corrected chi connectivity index (χ0v) is 12.8. The molecular formula is C13H17ClN2O3S. The average molecular weight is 317 g/mol. The molecule has 0 aromatic carbocycles. The average Bonchev–Trinajstić information content (AvgIpc) is 3.13. The van der Waals surface area contributed by atoms with Crippen molar-refractivity contribution >= 4 is 27.3 Å². The molecule has 1 aliphatic heterocycles. The van der Waals surface area contributed by atoms with Crippen LogP contribution in [0.3, 0.4) is 0 Å². The highest BCUT2D eigenvalue weighted by molar-refractivity contribution is 7.91.